The minimum atomic E-state index is -0.00363. The predicted octanol–water partition coefficient (Wildman–Crippen LogP) is 4.48. The van der Waals surface area contributed by atoms with Crippen molar-refractivity contribution in [1.29, 1.82) is 0 Å². The van der Waals surface area contributed by atoms with Crippen molar-refractivity contribution in [2.45, 2.75) is 27.7 Å². The van der Waals surface area contributed by atoms with Crippen LogP contribution in [0.5, 0.6) is 11.6 Å². The molecule has 0 aliphatic carbocycles. The summed E-state index contributed by atoms with van der Waals surface area (Å²) >= 11 is 0. The molecule has 0 radical (unpaired) electrons. The first kappa shape index (κ1) is 19.3. The average Bonchev–Trinajstić information content (AvgIpc) is 2.84. The Bertz CT molecular complexity index is 832. The number of aromatic nitrogens is 2. The van der Waals surface area contributed by atoms with Crippen molar-refractivity contribution in [2.75, 3.05) is 6.61 Å². The van der Waals surface area contributed by atoms with Crippen LogP contribution >= 0.6 is 0 Å². The predicted molar refractivity (Wildman–Crippen MR) is 104 cm³/mol. The van der Waals surface area contributed by atoms with Gasteiger partial charge in [0.2, 0.25) is 5.88 Å². The molecule has 0 fully saturated rings. The lowest BCUT2D eigenvalue weighted by molar-refractivity contribution is 0.176. The molecule has 0 saturated carbocycles. The molecule has 0 saturated heterocycles. The van der Waals surface area contributed by atoms with E-state index in [2.05, 4.69) is 42.9 Å². The number of hydrogen-bond acceptors (Lipinski definition) is 4. The SMILES string of the molecule is Cc1nn(C)c(Oc2ccccc2)c1C=NOCC=CC#CC(C)(C)C. The molecule has 0 bridgehead atoms. The molecule has 5 nitrogen and oxygen atoms in total. The van der Waals surface area contributed by atoms with E-state index in [1.807, 2.05) is 50.4 Å². The molecule has 2 rings (SSSR count). The second-order valence-corrected chi connectivity index (χ2v) is 6.79. The van der Waals surface area contributed by atoms with Crippen molar-refractivity contribution < 1.29 is 9.57 Å². The number of aryl methyl sites for hydroxylation is 2. The lowest BCUT2D eigenvalue weighted by Crippen LogP contribution is -1.98. The fourth-order valence-corrected chi connectivity index (χ4v) is 2.06. The number of benzene rings is 1. The molecule has 26 heavy (non-hydrogen) atoms. The molecule has 136 valence electrons. The third kappa shape index (κ3) is 6.14. The molecular formula is C21H25N3O2. The maximum Gasteiger partial charge on any atom is 0.226 e. The molecule has 2 aromatic rings. The third-order valence-corrected chi connectivity index (χ3v) is 3.25. The highest BCUT2D eigenvalue weighted by molar-refractivity contribution is 5.84. The summed E-state index contributed by atoms with van der Waals surface area (Å²) in [6.07, 6.45) is 5.23. The first-order valence-corrected chi connectivity index (χ1v) is 8.46. The van der Waals surface area contributed by atoms with Gasteiger partial charge in [0.1, 0.15) is 12.4 Å². The molecule has 5 heteroatoms. The molecule has 0 aliphatic rings. The fraction of sp³-hybridized carbons (Fsp3) is 0.333. The Labute approximate surface area is 155 Å². The van der Waals surface area contributed by atoms with Gasteiger partial charge in [-0.2, -0.15) is 5.10 Å². The van der Waals surface area contributed by atoms with E-state index in [1.165, 1.54) is 0 Å². The van der Waals surface area contributed by atoms with Gasteiger partial charge in [0.15, 0.2) is 0 Å². The Hall–Kier alpha value is -3.00. The van der Waals surface area contributed by atoms with Gasteiger partial charge in [0.05, 0.1) is 17.5 Å². The lowest BCUT2D eigenvalue weighted by Gasteiger charge is -2.06. The van der Waals surface area contributed by atoms with Crippen molar-refractivity contribution in [1.82, 2.24) is 9.78 Å². The lowest BCUT2D eigenvalue weighted by atomic mass is 9.98. The molecule has 1 aromatic carbocycles. The van der Waals surface area contributed by atoms with Crippen molar-refractivity contribution in [2.24, 2.45) is 17.6 Å². The Morgan fingerprint density at radius 1 is 1.23 bits per heavy atom. The Balaban J connectivity index is 1.97. The van der Waals surface area contributed by atoms with Gasteiger partial charge in [0.25, 0.3) is 0 Å². The van der Waals surface area contributed by atoms with Crippen LogP contribution in [0.3, 0.4) is 0 Å². The van der Waals surface area contributed by atoms with Crippen LogP contribution in [0.25, 0.3) is 0 Å². The molecule has 0 atom stereocenters. The maximum absolute atomic E-state index is 5.92. The van der Waals surface area contributed by atoms with Gasteiger partial charge in [-0.1, -0.05) is 35.2 Å². The van der Waals surface area contributed by atoms with Gasteiger partial charge in [0, 0.05) is 12.5 Å². The van der Waals surface area contributed by atoms with Gasteiger partial charge < -0.3 is 9.57 Å². The maximum atomic E-state index is 5.92. The van der Waals surface area contributed by atoms with Gasteiger partial charge in [-0.15, -0.1) is 0 Å². The summed E-state index contributed by atoms with van der Waals surface area (Å²) in [5.74, 6) is 7.47. The van der Waals surface area contributed by atoms with Gasteiger partial charge in [-0.3, -0.25) is 0 Å². The van der Waals surface area contributed by atoms with Gasteiger partial charge in [-0.05, 0) is 52.0 Å². The minimum absolute atomic E-state index is 0.00363. The van der Waals surface area contributed by atoms with Crippen LogP contribution in [0.1, 0.15) is 32.0 Å². The van der Waals surface area contributed by atoms with Crippen LogP contribution in [0.15, 0.2) is 47.6 Å². The van der Waals surface area contributed by atoms with Crippen LogP contribution in [0.4, 0.5) is 0 Å². The third-order valence-electron chi connectivity index (χ3n) is 3.25. The number of hydrogen-bond donors (Lipinski definition) is 0. The van der Waals surface area contributed by atoms with Crippen molar-refractivity contribution in [3.63, 3.8) is 0 Å². The van der Waals surface area contributed by atoms with E-state index in [9.17, 15) is 0 Å². The number of allylic oxidation sites excluding steroid dienone is 1. The molecule has 0 amide bonds. The quantitative estimate of drug-likeness (QED) is 0.334. The summed E-state index contributed by atoms with van der Waals surface area (Å²) in [5.41, 5.74) is 1.60. The summed E-state index contributed by atoms with van der Waals surface area (Å²) < 4.78 is 7.61. The highest BCUT2D eigenvalue weighted by Crippen LogP contribution is 2.25. The summed E-state index contributed by atoms with van der Waals surface area (Å²) in [7, 11) is 1.83. The summed E-state index contributed by atoms with van der Waals surface area (Å²) in [6.45, 7) is 8.46. The topological polar surface area (TPSA) is 48.6 Å². The number of oxime groups is 1. The van der Waals surface area contributed by atoms with E-state index in [1.54, 1.807) is 17.0 Å². The standard InChI is InChI=1S/C21H25N3O2/c1-17-19(16-22-25-15-11-7-10-14-21(2,3)4)20(24(5)23-17)26-18-12-8-6-9-13-18/h6-9,11-13,16H,15H2,1-5H3. The Kier molecular flexibility index (Phi) is 6.62. The Morgan fingerprint density at radius 2 is 1.96 bits per heavy atom. The fourth-order valence-electron chi connectivity index (χ4n) is 2.06. The van der Waals surface area contributed by atoms with Crippen LogP contribution in [-0.4, -0.2) is 22.6 Å². The average molecular weight is 351 g/mol. The highest BCUT2D eigenvalue weighted by Gasteiger charge is 2.14. The second-order valence-electron chi connectivity index (χ2n) is 6.79. The molecular weight excluding hydrogens is 326 g/mol. The first-order valence-electron chi connectivity index (χ1n) is 8.46. The van der Waals surface area contributed by atoms with Crippen molar-refractivity contribution in [3.8, 4) is 23.5 Å². The van der Waals surface area contributed by atoms with Crippen LogP contribution in [0, 0.1) is 24.2 Å². The van der Waals surface area contributed by atoms with E-state index in [-0.39, 0.29) is 5.41 Å². The van der Waals surface area contributed by atoms with Gasteiger partial charge >= 0.3 is 0 Å². The van der Waals surface area contributed by atoms with E-state index >= 15 is 0 Å². The normalized spacial score (nSPS) is 11.6. The number of rotatable bonds is 6. The molecule has 0 unspecified atom stereocenters. The smallest absolute Gasteiger partial charge is 0.226 e. The van der Waals surface area contributed by atoms with Crippen molar-refractivity contribution >= 4 is 6.21 Å². The number of ether oxygens (including phenoxy) is 1. The molecule has 1 aromatic heterocycles. The minimum Gasteiger partial charge on any atom is -0.439 e. The van der Waals surface area contributed by atoms with E-state index < -0.39 is 0 Å². The molecule has 0 N–H and O–H groups in total. The van der Waals surface area contributed by atoms with Crippen LogP contribution < -0.4 is 4.74 Å². The number of nitrogens with zero attached hydrogens (tertiary/aromatic N) is 3. The van der Waals surface area contributed by atoms with Crippen LogP contribution in [-0.2, 0) is 11.9 Å². The van der Waals surface area contributed by atoms with Crippen molar-refractivity contribution in [3.05, 3.63) is 53.7 Å². The summed E-state index contributed by atoms with van der Waals surface area (Å²) in [4.78, 5) is 5.26. The first-order chi connectivity index (χ1) is 12.4. The van der Waals surface area contributed by atoms with E-state index in [4.69, 9.17) is 9.57 Å². The van der Waals surface area contributed by atoms with Crippen LogP contribution in [0.2, 0.25) is 0 Å². The zero-order valence-corrected chi connectivity index (χ0v) is 16.0. The van der Waals surface area contributed by atoms with E-state index in [0.29, 0.717) is 12.5 Å². The summed E-state index contributed by atoms with van der Waals surface area (Å²) in [6, 6.07) is 9.57. The second kappa shape index (κ2) is 8.91. The van der Waals surface area contributed by atoms with E-state index in [0.717, 1.165) is 17.0 Å². The molecule has 0 spiro atoms. The number of para-hydroxylation sites is 1. The zero-order valence-electron chi connectivity index (χ0n) is 16.0. The zero-order chi connectivity index (χ0) is 19.0. The molecule has 0 aliphatic heterocycles. The Morgan fingerprint density at radius 3 is 2.65 bits per heavy atom. The van der Waals surface area contributed by atoms with Gasteiger partial charge in [-0.25, -0.2) is 4.68 Å². The summed E-state index contributed by atoms with van der Waals surface area (Å²) in [5, 5.41) is 8.39. The largest absolute Gasteiger partial charge is 0.439 e. The molecule has 1 heterocycles. The monoisotopic (exact) mass is 351 g/mol. The highest BCUT2D eigenvalue weighted by atomic mass is 16.6.